The zero-order valence-corrected chi connectivity index (χ0v) is 14.8. The van der Waals surface area contributed by atoms with E-state index in [0.717, 1.165) is 34.9 Å². The van der Waals surface area contributed by atoms with Crippen LogP contribution in [-0.4, -0.2) is 23.5 Å². The van der Waals surface area contributed by atoms with Crippen molar-refractivity contribution in [2.24, 2.45) is 0 Å². The van der Waals surface area contributed by atoms with Crippen LogP contribution in [0.4, 0.5) is 0 Å². The fourth-order valence-corrected chi connectivity index (χ4v) is 3.54. The molecule has 0 atom stereocenters. The average Bonchev–Trinajstić information content (AvgIpc) is 2.55. The highest BCUT2D eigenvalue weighted by Gasteiger charge is 2.16. The minimum atomic E-state index is -0.0536. The molecule has 1 N–H and O–H groups in total. The summed E-state index contributed by atoms with van der Waals surface area (Å²) in [6, 6.07) is 6.49. The summed E-state index contributed by atoms with van der Waals surface area (Å²) in [5.74, 6) is 0.466. The van der Waals surface area contributed by atoms with Crippen LogP contribution in [0.2, 0.25) is 0 Å². The monoisotopic (exact) mass is 326 g/mol. The predicted octanol–water partition coefficient (Wildman–Crippen LogP) is 3.99. The van der Waals surface area contributed by atoms with Crippen LogP contribution in [0.1, 0.15) is 48.8 Å². The molecule has 2 aromatic rings. The van der Waals surface area contributed by atoms with Crippen molar-refractivity contribution in [3.63, 3.8) is 0 Å². The molecule has 24 heavy (non-hydrogen) atoms. The van der Waals surface area contributed by atoms with Gasteiger partial charge >= 0.3 is 0 Å². The van der Waals surface area contributed by atoms with Gasteiger partial charge in [0, 0.05) is 17.5 Å². The van der Waals surface area contributed by atoms with Crippen LogP contribution in [0.3, 0.4) is 0 Å². The van der Waals surface area contributed by atoms with E-state index < -0.39 is 0 Å². The van der Waals surface area contributed by atoms with Crippen molar-refractivity contribution < 1.29 is 9.53 Å². The SMILES string of the molecule is Cc1cc(C)c2nc(OCC(=O)NC3CCCCC3)cc(C)c2c1. The average molecular weight is 326 g/mol. The van der Waals surface area contributed by atoms with Gasteiger partial charge in [-0.15, -0.1) is 0 Å². The predicted molar refractivity (Wildman–Crippen MR) is 96.5 cm³/mol. The van der Waals surface area contributed by atoms with Crippen LogP contribution in [0.15, 0.2) is 18.2 Å². The van der Waals surface area contributed by atoms with Crippen molar-refractivity contribution in [2.45, 2.75) is 58.9 Å². The van der Waals surface area contributed by atoms with Crippen molar-refractivity contribution >= 4 is 16.8 Å². The van der Waals surface area contributed by atoms with Gasteiger partial charge in [0.1, 0.15) is 0 Å². The minimum absolute atomic E-state index is 0.0271. The lowest BCUT2D eigenvalue weighted by Gasteiger charge is -2.22. The van der Waals surface area contributed by atoms with E-state index in [9.17, 15) is 4.79 Å². The summed E-state index contributed by atoms with van der Waals surface area (Å²) in [6.45, 7) is 6.23. The third-order valence-corrected chi connectivity index (χ3v) is 4.75. The molecule has 1 amide bonds. The third-order valence-electron chi connectivity index (χ3n) is 4.75. The van der Waals surface area contributed by atoms with Crippen molar-refractivity contribution in [3.05, 3.63) is 34.9 Å². The van der Waals surface area contributed by atoms with E-state index in [0.29, 0.717) is 11.9 Å². The van der Waals surface area contributed by atoms with Crippen molar-refractivity contribution in [1.29, 1.82) is 0 Å². The van der Waals surface area contributed by atoms with Gasteiger partial charge in [-0.1, -0.05) is 30.9 Å². The summed E-state index contributed by atoms with van der Waals surface area (Å²) < 4.78 is 5.66. The molecule has 4 nitrogen and oxygen atoms in total. The van der Waals surface area contributed by atoms with Gasteiger partial charge in [0.05, 0.1) is 5.52 Å². The van der Waals surface area contributed by atoms with Crippen LogP contribution in [0.25, 0.3) is 10.9 Å². The Bertz CT molecular complexity index is 749. The molecule has 0 aliphatic heterocycles. The maximum Gasteiger partial charge on any atom is 0.258 e. The molecule has 1 fully saturated rings. The number of amides is 1. The fourth-order valence-electron chi connectivity index (χ4n) is 3.54. The first kappa shape index (κ1) is 16.7. The molecule has 0 bridgehead atoms. The number of nitrogens with one attached hydrogen (secondary N) is 1. The number of aromatic nitrogens is 1. The second kappa shape index (κ2) is 7.20. The van der Waals surface area contributed by atoms with E-state index in [4.69, 9.17) is 4.74 Å². The van der Waals surface area contributed by atoms with Crippen LogP contribution in [-0.2, 0) is 4.79 Å². The molecule has 1 aromatic heterocycles. The Kier molecular flexibility index (Phi) is 5.03. The number of ether oxygens (including phenoxy) is 1. The number of hydrogen-bond acceptors (Lipinski definition) is 3. The number of hydrogen-bond donors (Lipinski definition) is 1. The Hall–Kier alpha value is -2.10. The molecule has 0 radical (unpaired) electrons. The molecule has 1 heterocycles. The molecular weight excluding hydrogens is 300 g/mol. The minimum Gasteiger partial charge on any atom is -0.468 e. The quantitative estimate of drug-likeness (QED) is 0.924. The van der Waals surface area contributed by atoms with E-state index in [1.165, 1.54) is 24.8 Å². The summed E-state index contributed by atoms with van der Waals surface area (Å²) >= 11 is 0. The van der Waals surface area contributed by atoms with Gasteiger partial charge in [-0.05, 0) is 50.8 Å². The molecule has 3 rings (SSSR count). The maximum absolute atomic E-state index is 12.1. The Morgan fingerprint density at radius 1 is 1.12 bits per heavy atom. The number of pyridine rings is 1. The largest absolute Gasteiger partial charge is 0.468 e. The number of carbonyl (C=O) groups is 1. The van der Waals surface area contributed by atoms with Crippen molar-refractivity contribution in [1.82, 2.24) is 10.3 Å². The first-order valence-electron chi connectivity index (χ1n) is 8.83. The van der Waals surface area contributed by atoms with Gasteiger partial charge in [-0.25, -0.2) is 4.98 Å². The number of fused-ring (bicyclic) bond motifs is 1. The van der Waals surface area contributed by atoms with E-state index in [2.05, 4.69) is 43.2 Å². The molecule has 0 spiro atoms. The highest BCUT2D eigenvalue weighted by molar-refractivity contribution is 5.86. The third kappa shape index (κ3) is 3.86. The molecule has 1 aliphatic carbocycles. The topological polar surface area (TPSA) is 51.2 Å². The molecular formula is C20H26N2O2. The van der Waals surface area contributed by atoms with Gasteiger partial charge in [0.25, 0.3) is 5.91 Å². The molecule has 0 saturated heterocycles. The Balaban J connectivity index is 1.68. The lowest BCUT2D eigenvalue weighted by Crippen LogP contribution is -2.39. The second-order valence-corrected chi connectivity index (χ2v) is 6.95. The Labute approximate surface area is 143 Å². The number of carbonyl (C=O) groups excluding carboxylic acids is 1. The molecule has 1 aliphatic rings. The van der Waals surface area contributed by atoms with Gasteiger partial charge in [-0.2, -0.15) is 0 Å². The number of nitrogens with zero attached hydrogens (tertiary/aromatic N) is 1. The standard InChI is InChI=1S/C20H26N2O2/c1-13-9-15(3)20-17(10-13)14(2)11-19(22-20)24-12-18(23)21-16-7-5-4-6-8-16/h9-11,16H,4-8,12H2,1-3H3,(H,21,23). The van der Waals surface area contributed by atoms with Crippen LogP contribution < -0.4 is 10.1 Å². The van der Waals surface area contributed by atoms with Gasteiger partial charge in [-0.3, -0.25) is 4.79 Å². The van der Waals surface area contributed by atoms with Gasteiger partial charge in [0.15, 0.2) is 6.61 Å². The highest BCUT2D eigenvalue weighted by Crippen LogP contribution is 2.25. The van der Waals surface area contributed by atoms with E-state index in [1.54, 1.807) is 0 Å². The normalized spacial score (nSPS) is 15.5. The summed E-state index contributed by atoms with van der Waals surface area (Å²) in [7, 11) is 0. The number of aryl methyl sites for hydroxylation is 3. The van der Waals surface area contributed by atoms with Gasteiger partial charge < -0.3 is 10.1 Å². The summed E-state index contributed by atoms with van der Waals surface area (Å²) in [6.07, 6.45) is 5.85. The van der Waals surface area contributed by atoms with Crippen molar-refractivity contribution in [3.8, 4) is 5.88 Å². The van der Waals surface area contributed by atoms with E-state index >= 15 is 0 Å². The number of rotatable bonds is 4. The van der Waals surface area contributed by atoms with Crippen LogP contribution >= 0.6 is 0 Å². The summed E-state index contributed by atoms with van der Waals surface area (Å²) in [5, 5.41) is 4.21. The van der Waals surface area contributed by atoms with Crippen molar-refractivity contribution in [2.75, 3.05) is 6.61 Å². The first-order valence-corrected chi connectivity index (χ1v) is 8.83. The highest BCUT2D eigenvalue weighted by atomic mass is 16.5. The molecule has 4 heteroatoms. The lowest BCUT2D eigenvalue weighted by atomic mass is 9.95. The maximum atomic E-state index is 12.1. The molecule has 1 saturated carbocycles. The Morgan fingerprint density at radius 3 is 2.62 bits per heavy atom. The van der Waals surface area contributed by atoms with Gasteiger partial charge in [0.2, 0.25) is 5.88 Å². The lowest BCUT2D eigenvalue weighted by molar-refractivity contribution is -0.124. The fraction of sp³-hybridized carbons (Fsp3) is 0.500. The van der Waals surface area contributed by atoms with E-state index in [-0.39, 0.29) is 12.5 Å². The zero-order valence-electron chi connectivity index (χ0n) is 14.8. The second-order valence-electron chi connectivity index (χ2n) is 6.95. The van der Waals surface area contributed by atoms with E-state index in [1.807, 2.05) is 6.07 Å². The molecule has 128 valence electrons. The molecule has 0 unspecified atom stereocenters. The number of benzene rings is 1. The summed E-state index contributed by atoms with van der Waals surface area (Å²) in [5.41, 5.74) is 4.42. The first-order chi connectivity index (χ1) is 11.5. The zero-order chi connectivity index (χ0) is 17.1. The summed E-state index contributed by atoms with van der Waals surface area (Å²) in [4.78, 5) is 16.7. The van der Waals surface area contributed by atoms with Crippen LogP contribution in [0, 0.1) is 20.8 Å². The Morgan fingerprint density at radius 2 is 1.88 bits per heavy atom. The smallest absolute Gasteiger partial charge is 0.258 e. The molecule has 1 aromatic carbocycles. The van der Waals surface area contributed by atoms with Crippen LogP contribution in [0.5, 0.6) is 5.88 Å².